The van der Waals surface area contributed by atoms with Crippen molar-refractivity contribution in [2.75, 3.05) is 30.9 Å². The molecule has 1 aromatic carbocycles. The van der Waals surface area contributed by atoms with Gasteiger partial charge in [-0.1, -0.05) is 12.7 Å². The quantitative estimate of drug-likeness (QED) is 0.322. The first-order valence-corrected chi connectivity index (χ1v) is 12.0. The number of pyridine rings is 1. The molecule has 3 aromatic heterocycles. The topological polar surface area (TPSA) is 134 Å². The predicted octanol–water partition coefficient (Wildman–Crippen LogP) is 3.52. The Morgan fingerprint density at radius 1 is 1.21 bits per heavy atom. The molecule has 3 N–H and O–H groups in total. The summed E-state index contributed by atoms with van der Waals surface area (Å²) in [7, 11) is 1.75. The van der Waals surface area contributed by atoms with Crippen molar-refractivity contribution in [3.8, 4) is 11.5 Å². The van der Waals surface area contributed by atoms with Gasteiger partial charge in [-0.15, -0.1) is 0 Å². The van der Waals surface area contributed by atoms with Gasteiger partial charge in [0.25, 0.3) is 0 Å². The fourth-order valence-electron chi connectivity index (χ4n) is 4.15. The molecule has 0 saturated carbocycles. The Morgan fingerprint density at radius 3 is 2.79 bits per heavy atom. The number of carbonyl (C=O) groups excluding carboxylic acids is 1. The summed E-state index contributed by atoms with van der Waals surface area (Å²) in [5, 5.41) is 11.4. The first-order chi connectivity index (χ1) is 18.4. The van der Waals surface area contributed by atoms with Crippen molar-refractivity contribution in [3.63, 3.8) is 0 Å². The lowest BCUT2D eigenvalue weighted by Gasteiger charge is -2.24. The molecule has 0 unspecified atom stereocenters. The van der Waals surface area contributed by atoms with Gasteiger partial charge in [0.05, 0.1) is 6.20 Å². The van der Waals surface area contributed by atoms with Gasteiger partial charge in [0.2, 0.25) is 5.91 Å². The molecule has 11 nitrogen and oxygen atoms in total. The van der Waals surface area contributed by atoms with E-state index in [1.54, 1.807) is 41.2 Å². The highest BCUT2D eigenvalue weighted by atomic mass is 16.5. The van der Waals surface area contributed by atoms with E-state index in [0.29, 0.717) is 53.7 Å². The lowest BCUT2D eigenvalue weighted by Crippen LogP contribution is -2.33. The summed E-state index contributed by atoms with van der Waals surface area (Å²) in [5.41, 5.74) is 7.10. The number of nitrogens with one attached hydrogen (secondary N) is 3. The van der Waals surface area contributed by atoms with Crippen LogP contribution in [-0.4, -0.2) is 55.6 Å². The van der Waals surface area contributed by atoms with Gasteiger partial charge in [-0.05, 0) is 54.8 Å². The number of aryl methyl sites for hydroxylation is 1. The predicted molar refractivity (Wildman–Crippen MR) is 145 cm³/mol. The molecular formula is C27H27N9O2. The van der Waals surface area contributed by atoms with E-state index in [0.717, 1.165) is 16.8 Å². The van der Waals surface area contributed by atoms with Crippen LogP contribution in [0, 0.1) is 12.3 Å². The molecule has 5 rings (SSSR count). The van der Waals surface area contributed by atoms with Crippen molar-refractivity contribution in [1.82, 2.24) is 29.5 Å². The molecule has 11 heteroatoms. The van der Waals surface area contributed by atoms with E-state index in [-0.39, 0.29) is 11.4 Å². The van der Waals surface area contributed by atoms with Gasteiger partial charge in [-0.3, -0.25) is 14.9 Å². The number of amides is 1. The maximum Gasteiger partial charge on any atom is 0.246 e. The molecule has 0 bridgehead atoms. The van der Waals surface area contributed by atoms with E-state index >= 15 is 0 Å². The van der Waals surface area contributed by atoms with Crippen LogP contribution in [0.25, 0.3) is 16.6 Å². The smallest absolute Gasteiger partial charge is 0.246 e. The number of ether oxygens (including phenoxy) is 1. The maximum absolute atomic E-state index is 11.9. The molecule has 0 saturated heterocycles. The monoisotopic (exact) mass is 509 g/mol. The standard InChI is InChI=1S/C27H27N9O2/c1-4-24(37)35-10-7-18(8-11-35)26-30-15-21-25(34-26)27(32-16-31-21)33-19-5-6-22(17(2)13-19)38-20-9-12-36(29-3)23(28)14-20/h4-7,9,12-16,28-29H,1,8,10-11H2,2-3H3,(H,31,32,33). The molecule has 0 aliphatic carbocycles. The van der Waals surface area contributed by atoms with Crippen LogP contribution < -0.4 is 21.0 Å². The maximum atomic E-state index is 11.9. The third kappa shape index (κ3) is 5.07. The Kier molecular flexibility index (Phi) is 6.81. The van der Waals surface area contributed by atoms with Gasteiger partial charge >= 0.3 is 0 Å². The summed E-state index contributed by atoms with van der Waals surface area (Å²) in [4.78, 5) is 31.6. The van der Waals surface area contributed by atoms with Crippen LogP contribution in [0.4, 0.5) is 11.5 Å². The molecule has 1 aliphatic heterocycles. The molecule has 0 spiro atoms. The zero-order chi connectivity index (χ0) is 26.6. The summed E-state index contributed by atoms with van der Waals surface area (Å²) < 4.78 is 7.59. The van der Waals surface area contributed by atoms with Gasteiger partial charge in [0, 0.05) is 38.1 Å². The summed E-state index contributed by atoms with van der Waals surface area (Å²) >= 11 is 0. The molecule has 4 aromatic rings. The van der Waals surface area contributed by atoms with E-state index in [9.17, 15) is 4.79 Å². The van der Waals surface area contributed by atoms with Crippen LogP contribution in [0.5, 0.6) is 11.5 Å². The van der Waals surface area contributed by atoms with Crippen LogP contribution in [0.2, 0.25) is 0 Å². The molecule has 0 radical (unpaired) electrons. The zero-order valence-corrected chi connectivity index (χ0v) is 21.1. The third-order valence-corrected chi connectivity index (χ3v) is 6.19. The number of aromatic nitrogens is 5. The molecule has 0 atom stereocenters. The van der Waals surface area contributed by atoms with Crippen LogP contribution in [0.1, 0.15) is 17.8 Å². The summed E-state index contributed by atoms with van der Waals surface area (Å²) in [6.45, 7) is 6.59. The molecule has 1 amide bonds. The molecule has 1 aliphatic rings. The first-order valence-electron chi connectivity index (χ1n) is 12.0. The van der Waals surface area contributed by atoms with E-state index < -0.39 is 0 Å². The third-order valence-electron chi connectivity index (χ3n) is 6.19. The summed E-state index contributed by atoms with van der Waals surface area (Å²) in [5.74, 6) is 2.33. The number of carbonyl (C=O) groups is 1. The second kappa shape index (κ2) is 10.5. The number of rotatable bonds is 7. The normalized spacial score (nSPS) is 13.1. The van der Waals surface area contributed by atoms with Gasteiger partial charge < -0.3 is 20.4 Å². The number of nitrogens with zero attached hydrogens (tertiary/aromatic N) is 6. The Hall–Kier alpha value is -5.06. The van der Waals surface area contributed by atoms with Gasteiger partial charge in [0.15, 0.2) is 11.6 Å². The molecule has 192 valence electrons. The first kappa shape index (κ1) is 24.6. The molecule has 0 fully saturated rings. The minimum Gasteiger partial charge on any atom is -0.457 e. The average Bonchev–Trinajstić information content (AvgIpc) is 2.94. The van der Waals surface area contributed by atoms with Crippen molar-refractivity contribution >= 4 is 34.0 Å². The number of fused-ring (bicyclic) bond motifs is 1. The van der Waals surface area contributed by atoms with Crippen molar-refractivity contribution < 1.29 is 9.53 Å². The second-order valence-corrected chi connectivity index (χ2v) is 8.67. The highest BCUT2D eigenvalue weighted by Crippen LogP contribution is 2.29. The van der Waals surface area contributed by atoms with Crippen molar-refractivity contribution in [1.29, 1.82) is 5.41 Å². The molecule has 4 heterocycles. The minimum atomic E-state index is -0.0850. The Bertz CT molecular complexity index is 1630. The van der Waals surface area contributed by atoms with Crippen molar-refractivity contribution in [2.45, 2.75) is 13.3 Å². The largest absolute Gasteiger partial charge is 0.457 e. The second-order valence-electron chi connectivity index (χ2n) is 8.67. The SMILES string of the molecule is C=CC(=O)N1CC=C(c2ncc3ncnc(Nc4ccc(Oc5ccn(NC)c(=N)c5)c(C)c4)c3n2)CC1. The number of anilines is 2. The zero-order valence-electron chi connectivity index (χ0n) is 21.1. The lowest BCUT2D eigenvalue weighted by atomic mass is 10.1. The number of benzene rings is 1. The van der Waals surface area contributed by atoms with E-state index in [2.05, 4.69) is 32.3 Å². The van der Waals surface area contributed by atoms with E-state index in [1.165, 1.54) is 12.4 Å². The molecule has 38 heavy (non-hydrogen) atoms. The van der Waals surface area contributed by atoms with Crippen LogP contribution in [0.15, 0.2) is 67.8 Å². The average molecular weight is 510 g/mol. The summed E-state index contributed by atoms with van der Waals surface area (Å²) in [6.07, 6.45) is 8.85. The van der Waals surface area contributed by atoms with Crippen LogP contribution >= 0.6 is 0 Å². The van der Waals surface area contributed by atoms with Gasteiger partial charge in [-0.25, -0.2) is 19.9 Å². The minimum absolute atomic E-state index is 0.0850. The van der Waals surface area contributed by atoms with Crippen molar-refractivity contribution in [2.24, 2.45) is 0 Å². The fraction of sp³-hybridized carbons (Fsp3) is 0.185. The van der Waals surface area contributed by atoms with Crippen molar-refractivity contribution in [3.05, 3.63) is 84.7 Å². The van der Waals surface area contributed by atoms with Gasteiger partial charge in [-0.2, -0.15) is 0 Å². The number of hydrogen-bond donors (Lipinski definition) is 3. The molecular weight excluding hydrogens is 482 g/mol. The summed E-state index contributed by atoms with van der Waals surface area (Å²) in [6, 6.07) is 9.15. The highest BCUT2D eigenvalue weighted by Gasteiger charge is 2.18. The van der Waals surface area contributed by atoms with Crippen LogP contribution in [-0.2, 0) is 4.79 Å². The lowest BCUT2D eigenvalue weighted by molar-refractivity contribution is -0.125. The Labute approximate surface area is 219 Å². The number of hydrogen-bond acceptors (Lipinski definition) is 9. The van der Waals surface area contributed by atoms with Crippen LogP contribution in [0.3, 0.4) is 0 Å². The Morgan fingerprint density at radius 2 is 2.08 bits per heavy atom. The van der Waals surface area contributed by atoms with E-state index in [1.807, 2.05) is 31.2 Å². The van der Waals surface area contributed by atoms with Gasteiger partial charge in [0.1, 0.15) is 34.3 Å². The highest BCUT2D eigenvalue weighted by molar-refractivity contribution is 5.89. The Balaban J connectivity index is 1.37. The van der Waals surface area contributed by atoms with E-state index in [4.69, 9.17) is 15.1 Å². The fourth-order valence-corrected chi connectivity index (χ4v) is 4.15.